The van der Waals surface area contributed by atoms with Crippen molar-refractivity contribution in [3.63, 3.8) is 0 Å². The maximum Gasteiger partial charge on any atom is 0.416 e. The Balaban J connectivity index is 1.70. The molecule has 2 heterocycles. The number of esters is 1. The summed E-state index contributed by atoms with van der Waals surface area (Å²) in [6.07, 6.45) is -0.247. The zero-order valence-electron chi connectivity index (χ0n) is 17.3. The Morgan fingerprint density at radius 2 is 1.87 bits per heavy atom. The highest BCUT2D eigenvalue weighted by Gasteiger charge is 2.31. The molecule has 9 heteroatoms. The lowest BCUT2D eigenvalue weighted by atomic mass is 9.97. The average molecular weight is 435 g/mol. The van der Waals surface area contributed by atoms with E-state index in [9.17, 15) is 22.8 Å². The number of aromatic nitrogens is 1. The molecular weight excluding hydrogens is 411 g/mol. The summed E-state index contributed by atoms with van der Waals surface area (Å²) in [5.74, 6) is -1.02. The second-order valence-electron chi connectivity index (χ2n) is 7.61. The zero-order chi connectivity index (χ0) is 22.6. The Hall–Kier alpha value is -3.10. The first-order valence-electron chi connectivity index (χ1n) is 10.0. The molecular formula is C22H24F3N3O3. The molecule has 1 aromatic carbocycles. The minimum atomic E-state index is -4.49. The van der Waals surface area contributed by atoms with Crippen molar-refractivity contribution in [3.8, 4) is 0 Å². The van der Waals surface area contributed by atoms with Crippen molar-refractivity contribution in [2.24, 2.45) is 0 Å². The maximum absolute atomic E-state index is 12.9. The number of hydrogen-bond donors (Lipinski definition) is 1. The van der Waals surface area contributed by atoms with Crippen LogP contribution in [0, 0.1) is 0 Å². The van der Waals surface area contributed by atoms with E-state index in [1.54, 1.807) is 4.90 Å². The summed E-state index contributed by atoms with van der Waals surface area (Å²) in [6.45, 7) is 3.52. The van der Waals surface area contributed by atoms with Gasteiger partial charge >= 0.3 is 12.1 Å². The predicted molar refractivity (Wildman–Crippen MR) is 109 cm³/mol. The van der Waals surface area contributed by atoms with E-state index in [1.807, 2.05) is 13.8 Å². The minimum Gasteiger partial charge on any atom is -0.452 e. The largest absolute Gasteiger partial charge is 0.452 e. The molecule has 2 aromatic rings. The van der Waals surface area contributed by atoms with Crippen LogP contribution in [0.25, 0.3) is 0 Å². The van der Waals surface area contributed by atoms with Crippen LogP contribution in [0.3, 0.4) is 0 Å². The molecule has 1 amide bonds. The number of rotatable bonds is 5. The number of amides is 1. The normalized spacial score (nSPS) is 19.1. The fourth-order valence-electron chi connectivity index (χ4n) is 3.77. The fourth-order valence-corrected chi connectivity index (χ4v) is 3.77. The summed E-state index contributed by atoms with van der Waals surface area (Å²) in [6, 6.07) is 7.65. The fraction of sp³-hybridized carbons (Fsp3) is 0.409. The third kappa shape index (κ3) is 5.53. The molecule has 2 atom stereocenters. The number of nitrogens with zero attached hydrogens (tertiary/aromatic N) is 2. The van der Waals surface area contributed by atoms with Crippen molar-refractivity contribution >= 4 is 23.4 Å². The van der Waals surface area contributed by atoms with Crippen LogP contribution < -0.4 is 5.32 Å². The van der Waals surface area contributed by atoms with Gasteiger partial charge in [0, 0.05) is 24.0 Å². The number of anilines is 2. The van der Waals surface area contributed by atoms with Gasteiger partial charge in [-0.1, -0.05) is 6.07 Å². The van der Waals surface area contributed by atoms with Crippen LogP contribution in [0.1, 0.15) is 49.0 Å². The number of halogens is 3. The standard InChI is InChI=1S/C22H24F3N3O3/c1-14-6-3-7-15(2)28(14)19(29)13-31-21(30)18-10-5-11-26-20(18)27-17-9-4-8-16(12-17)22(23,24)25/h4-5,8-12,14-15H,3,6-7,13H2,1-2H3,(H,26,27). The number of piperidine rings is 1. The van der Waals surface area contributed by atoms with E-state index < -0.39 is 24.3 Å². The molecule has 0 bridgehead atoms. The van der Waals surface area contributed by atoms with Crippen LogP contribution in [0.2, 0.25) is 0 Å². The van der Waals surface area contributed by atoms with Crippen LogP contribution >= 0.6 is 0 Å². The lowest BCUT2D eigenvalue weighted by molar-refractivity contribution is -0.140. The number of likely N-dealkylation sites (tertiary alicyclic amines) is 1. The average Bonchev–Trinajstić information content (AvgIpc) is 2.72. The lowest BCUT2D eigenvalue weighted by Gasteiger charge is -2.38. The molecule has 1 N–H and O–H groups in total. The van der Waals surface area contributed by atoms with Gasteiger partial charge in [-0.15, -0.1) is 0 Å². The molecule has 1 saturated heterocycles. The third-order valence-corrected chi connectivity index (χ3v) is 5.29. The predicted octanol–water partition coefficient (Wildman–Crippen LogP) is 4.79. The van der Waals surface area contributed by atoms with Gasteiger partial charge in [0.25, 0.3) is 5.91 Å². The second kappa shape index (κ2) is 9.36. The Morgan fingerprint density at radius 3 is 2.55 bits per heavy atom. The molecule has 0 radical (unpaired) electrons. The molecule has 3 rings (SSSR count). The van der Waals surface area contributed by atoms with E-state index in [2.05, 4.69) is 10.3 Å². The Bertz CT molecular complexity index is 939. The summed E-state index contributed by atoms with van der Waals surface area (Å²) in [7, 11) is 0. The molecule has 1 aliphatic heterocycles. The number of carbonyl (C=O) groups excluding carboxylic acids is 2. The number of carbonyl (C=O) groups is 2. The van der Waals surface area contributed by atoms with E-state index in [-0.39, 0.29) is 35.1 Å². The first-order chi connectivity index (χ1) is 14.7. The first-order valence-corrected chi connectivity index (χ1v) is 10.0. The van der Waals surface area contributed by atoms with Gasteiger partial charge in [-0.3, -0.25) is 4.79 Å². The van der Waals surface area contributed by atoms with Gasteiger partial charge in [0.05, 0.1) is 5.56 Å². The molecule has 0 aliphatic carbocycles. The molecule has 1 aliphatic rings. The Morgan fingerprint density at radius 1 is 1.16 bits per heavy atom. The SMILES string of the molecule is CC1CCCC(C)N1C(=O)COC(=O)c1cccnc1Nc1cccc(C(F)(F)F)c1. The van der Waals surface area contributed by atoms with Crippen molar-refractivity contribution in [3.05, 3.63) is 53.7 Å². The summed E-state index contributed by atoms with van der Waals surface area (Å²) < 4.78 is 44.0. The van der Waals surface area contributed by atoms with E-state index in [0.29, 0.717) is 0 Å². The van der Waals surface area contributed by atoms with Crippen molar-refractivity contribution in [2.75, 3.05) is 11.9 Å². The summed E-state index contributed by atoms with van der Waals surface area (Å²) in [5.41, 5.74) is -0.685. The summed E-state index contributed by atoms with van der Waals surface area (Å²) in [5, 5.41) is 2.72. The number of pyridine rings is 1. The van der Waals surface area contributed by atoms with Crippen LogP contribution in [-0.4, -0.2) is 40.5 Å². The number of benzene rings is 1. The van der Waals surface area contributed by atoms with E-state index in [0.717, 1.165) is 31.4 Å². The van der Waals surface area contributed by atoms with Gasteiger partial charge < -0.3 is 15.0 Å². The Kier molecular flexibility index (Phi) is 6.82. The molecule has 0 saturated carbocycles. The highest BCUT2D eigenvalue weighted by Crippen LogP contribution is 2.31. The van der Waals surface area contributed by atoms with Crippen molar-refractivity contribution in [1.29, 1.82) is 0 Å². The topological polar surface area (TPSA) is 71.5 Å². The van der Waals surface area contributed by atoms with Gasteiger partial charge in [0.2, 0.25) is 0 Å². The highest BCUT2D eigenvalue weighted by atomic mass is 19.4. The second-order valence-corrected chi connectivity index (χ2v) is 7.61. The smallest absolute Gasteiger partial charge is 0.416 e. The number of nitrogens with one attached hydrogen (secondary N) is 1. The molecule has 6 nitrogen and oxygen atoms in total. The third-order valence-electron chi connectivity index (χ3n) is 5.29. The number of hydrogen-bond acceptors (Lipinski definition) is 5. The monoisotopic (exact) mass is 435 g/mol. The molecule has 2 unspecified atom stereocenters. The van der Waals surface area contributed by atoms with Gasteiger partial charge in [-0.2, -0.15) is 13.2 Å². The van der Waals surface area contributed by atoms with Crippen molar-refractivity contribution in [2.45, 2.75) is 51.4 Å². The van der Waals surface area contributed by atoms with Crippen LogP contribution in [0.5, 0.6) is 0 Å². The van der Waals surface area contributed by atoms with Gasteiger partial charge in [0.15, 0.2) is 6.61 Å². The van der Waals surface area contributed by atoms with Crippen LogP contribution in [0.4, 0.5) is 24.7 Å². The lowest BCUT2D eigenvalue weighted by Crippen LogP contribution is -2.49. The van der Waals surface area contributed by atoms with Gasteiger partial charge in [-0.05, 0) is 63.4 Å². The number of alkyl halides is 3. The Labute approximate surface area is 178 Å². The van der Waals surface area contributed by atoms with Crippen LogP contribution in [-0.2, 0) is 15.7 Å². The molecule has 0 spiro atoms. The van der Waals surface area contributed by atoms with E-state index >= 15 is 0 Å². The summed E-state index contributed by atoms with van der Waals surface area (Å²) >= 11 is 0. The molecule has 31 heavy (non-hydrogen) atoms. The van der Waals surface area contributed by atoms with Crippen molar-refractivity contribution < 1.29 is 27.5 Å². The van der Waals surface area contributed by atoms with Gasteiger partial charge in [0.1, 0.15) is 11.4 Å². The molecule has 1 fully saturated rings. The quantitative estimate of drug-likeness (QED) is 0.684. The summed E-state index contributed by atoms with van der Waals surface area (Å²) in [4.78, 5) is 30.9. The van der Waals surface area contributed by atoms with E-state index in [1.165, 1.54) is 30.5 Å². The van der Waals surface area contributed by atoms with Crippen molar-refractivity contribution in [1.82, 2.24) is 9.88 Å². The van der Waals surface area contributed by atoms with Crippen LogP contribution in [0.15, 0.2) is 42.6 Å². The highest BCUT2D eigenvalue weighted by molar-refractivity contribution is 5.96. The van der Waals surface area contributed by atoms with E-state index in [4.69, 9.17) is 4.74 Å². The number of ether oxygens (including phenoxy) is 1. The van der Waals surface area contributed by atoms with Gasteiger partial charge in [-0.25, -0.2) is 9.78 Å². The maximum atomic E-state index is 12.9. The molecule has 1 aromatic heterocycles. The molecule has 166 valence electrons. The minimum absolute atomic E-state index is 0.0208. The zero-order valence-corrected chi connectivity index (χ0v) is 17.3. The first kappa shape index (κ1) is 22.6.